The van der Waals surface area contributed by atoms with Gasteiger partial charge in [-0.3, -0.25) is 14.4 Å². The van der Waals surface area contributed by atoms with Gasteiger partial charge in [0.1, 0.15) is 24.0 Å². The van der Waals surface area contributed by atoms with Crippen LogP contribution >= 0.6 is 11.3 Å². The average Bonchev–Trinajstić information content (AvgIpc) is 3.68. The Morgan fingerprint density at radius 3 is 2.28 bits per heavy atom. The van der Waals surface area contributed by atoms with Crippen LogP contribution in [0, 0.1) is 36.5 Å². The number of Topliss-reactive ketones (excluding diaryl/α,β-unsaturated/α-hetero) is 2. The molecule has 0 spiro atoms. The van der Waals surface area contributed by atoms with E-state index in [-0.39, 0.29) is 57.0 Å². The molecule has 1 aromatic rings. The summed E-state index contributed by atoms with van der Waals surface area (Å²) >= 11 is 1.54. The Morgan fingerprint density at radius 1 is 0.938 bits per heavy atom. The van der Waals surface area contributed by atoms with Crippen LogP contribution in [0.4, 0.5) is 0 Å². The molecule has 3 fully saturated rings. The number of methoxy groups -OCH3 is 3. The first-order valence-corrected chi connectivity index (χ1v) is 23.7. The number of piperidine rings is 1. The normalized spacial score (nSPS) is 37.8. The summed E-state index contributed by atoms with van der Waals surface area (Å²) in [5.74, 6) is -7.90. The van der Waals surface area contributed by atoms with Crippen molar-refractivity contribution in [2.75, 3.05) is 27.9 Å². The van der Waals surface area contributed by atoms with E-state index in [1.165, 1.54) is 19.1 Å². The van der Waals surface area contributed by atoms with Gasteiger partial charge in [-0.15, -0.1) is 11.3 Å². The van der Waals surface area contributed by atoms with Crippen LogP contribution in [0.2, 0.25) is 0 Å². The van der Waals surface area contributed by atoms with Crippen LogP contribution in [0.1, 0.15) is 123 Å². The van der Waals surface area contributed by atoms with Crippen LogP contribution < -0.4 is 0 Å². The predicted octanol–water partition coefficient (Wildman–Crippen LogP) is 6.57. The number of cyclic esters (lactones) is 1. The van der Waals surface area contributed by atoms with Crippen molar-refractivity contribution < 1.29 is 58.2 Å². The van der Waals surface area contributed by atoms with Crippen LogP contribution in [-0.2, 0) is 42.9 Å². The third-order valence-corrected chi connectivity index (χ3v) is 14.7. The summed E-state index contributed by atoms with van der Waals surface area (Å²) in [6, 6.07) is -1.16. The number of carbonyl (C=O) groups excluding carboxylic acids is 4. The van der Waals surface area contributed by atoms with Crippen LogP contribution in [0.5, 0.6) is 0 Å². The fourth-order valence-electron chi connectivity index (χ4n) is 10.0. The molecule has 0 radical (unpaired) electrons. The number of nitrogens with zero attached hydrogens (tertiary/aromatic N) is 2. The van der Waals surface area contributed by atoms with Gasteiger partial charge in [0.25, 0.3) is 11.7 Å². The van der Waals surface area contributed by atoms with Crippen LogP contribution in [0.25, 0.3) is 6.08 Å². The topological polar surface area (TPSA) is 191 Å². The molecule has 4 heterocycles. The average molecular weight is 917 g/mol. The summed E-state index contributed by atoms with van der Waals surface area (Å²) < 4.78 is 30.0. The maximum absolute atomic E-state index is 14.5. The number of carbonyl (C=O) groups is 4. The fraction of sp³-hybridized carbons (Fsp3) is 0.735. The number of amides is 1. The van der Waals surface area contributed by atoms with Gasteiger partial charge in [0, 0.05) is 56.9 Å². The Kier molecular flexibility index (Phi) is 20.1. The number of rotatable bonds is 8. The van der Waals surface area contributed by atoms with Gasteiger partial charge in [0.2, 0.25) is 5.79 Å². The first-order valence-electron chi connectivity index (χ1n) is 22.8. The van der Waals surface area contributed by atoms with E-state index in [1.807, 2.05) is 45.1 Å². The van der Waals surface area contributed by atoms with E-state index in [2.05, 4.69) is 11.9 Å². The molecule has 1 aliphatic carbocycles. The third kappa shape index (κ3) is 12.8. The van der Waals surface area contributed by atoms with Gasteiger partial charge in [-0.2, -0.15) is 0 Å². The Balaban J connectivity index is 0.00000898. The molecule has 360 valence electrons. The Bertz CT molecular complexity index is 1830. The van der Waals surface area contributed by atoms with Gasteiger partial charge in [-0.1, -0.05) is 52.0 Å². The van der Waals surface area contributed by atoms with Gasteiger partial charge < -0.3 is 43.9 Å². The van der Waals surface area contributed by atoms with E-state index in [0.29, 0.717) is 56.9 Å². The van der Waals surface area contributed by atoms with Crippen molar-refractivity contribution in [2.24, 2.45) is 29.6 Å². The molecule has 0 aromatic carbocycles. The SMILES string of the molecule is C.CO[C@H]1C[C@@H](C)C/C(C)=C/[C@@H](C/C=C/c2ncsc2C)C(=O)C[C@H](O)[C@@H](C)[C@@H](/C(C)=C/[C@@H]2CC[C@@H](O)[C@H](OC)C2)OC(=O)[C@@H]2CCCCN2C(=O)C(=O)[C@]2(O)O[C@H]1[C@@H](OC)C[C@H]2C. The lowest BCUT2D eigenvalue weighted by atomic mass is 9.81. The van der Waals surface area contributed by atoms with Crippen LogP contribution in [0.15, 0.2) is 34.9 Å². The largest absolute Gasteiger partial charge is 0.456 e. The van der Waals surface area contributed by atoms with Crippen molar-refractivity contribution in [2.45, 2.75) is 174 Å². The number of aliphatic hydroxyl groups is 3. The molecule has 0 unspecified atom stereocenters. The number of hydrogen-bond acceptors (Lipinski definition) is 14. The minimum Gasteiger partial charge on any atom is -0.456 e. The van der Waals surface area contributed by atoms with Crippen LogP contribution in [0.3, 0.4) is 0 Å². The molecule has 5 rings (SSSR count). The highest BCUT2D eigenvalue weighted by molar-refractivity contribution is 7.09. The summed E-state index contributed by atoms with van der Waals surface area (Å²) in [7, 11) is 4.63. The number of fused-ring (bicyclic) bond motifs is 3. The summed E-state index contributed by atoms with van der Waals surface area (Å²) in [4.78, 5) is 64.1. The second-order valence-corrected chi connectivity index (χ2v) is 19.7. The molecule has 2 saturated heterocycles. The minimum absolute atomic E-state index is 0. The van der Waals surface area contributed by atoms with Crippen LogP contribution in [-0.4, -0.2) is 131 Å². The number of aryl methyl sites for hydroxylation is 1. The van der Waals surface area contributed by atoms with Gasteiger partial charge in [0.15, 0.2) is 0 Å². The van der Waals surface area contributed by atoms with Gasteiger partial charge in [0.05, 0.1) is 41.7 Å². The van der Waals surface area contributed by atoms with E-state index in [1.54, 1.807) is 37.8 Å². The number of ketones is 2. The number of esters is 1. The first kappa shape index (κ1) is 53.5. The molecule has 1 amide bonds. The predicted molar refractivity (Wildman–Crippen MR) is 245 cm³/mol. The molecule has 4 aliphatic rings. The summed E-state index contributed by atoms with van der Waals surface area (Å²) in [6.07, 6.45) is 6.93. The highest BCUT2D eigenvalue weighted by atomic mass is 32.1. The molecule has 1 saturated carbocycles. The summed E-state index contributed by atoms with van der Waals surface area (Å²) in [6.45, 7) is 11.3. The number of ether oxygens (including phenoxy) is 5. The standard InChI is InChI=1S/C48H72N2O12S.CH4/c1-27-19-28(2)21-41(59-8)44-42(60-9)23-30(4)48(57,62-44)45(54)46(55)50-18-11-10-15-36(50)47(56)61-43(29(3)22-33-16-17-37(51)40(24-33)58-7)31(5)38(52)25-39(53)34(20-27)13-12-14-35-32(6)63-26-49-35;/h12,14,20,22,26,28,30-31,33-34,36-38,40-44,51-52,57H,10-11,13,15-19,21,23-25H2,1-9H3;1H4/b14-12+,27-20+,29-22+;/t28-,30+,31+,33-,34+,36-,37+,38-,40+,41-,42-,43+,44+,48+;/m0./s1. The second kappa shape index (κ2) is 24.0. The number of thiazole rings is 1. The van der Waals surface area contributed by atoms with Crippen molar-refractivity contribution in [1.29, 1.82) is 0 Å². The quantitative estimate of drug-likeness (QED) is 0.144. The van der Waals surface area contributed by atoms with Gasteiger partial charge in [-0.05, 0) is 108 Å². The third-order valence-electron chi connectivity index (χ3n) is 13.9. The fourth-order valence-corrected chi connectivity index (χ4v) is 10.6. The van der Waals surface area contributed by atoms with Gasteiger partial charge >= 0.3 is 5.97 Å². The van der Waals surface area contributed by atoms with E-state index in [9.17, 15) is 34.5 Å². The molecule has 14 atom stereocenters. The molecule has 14 nitrogen and oxygen atoms in total. The molecular formula is C49H76N2O12S. The van der Waals surface area contributed by atoms with Crippen molar-refractivity contribution in [3.63, 3.8) is 0 Å². The molecular weight excluding hydrogens is 841 g/mol. The lowest BCUT2D eigenvalue weighted by Crippen LogP contribution is -2.64. The molecule has 2 bridgehead atoms. The van der Waals surface area contributed by atoms with Gasteiger partial charge in [-0.25, -0.2) is 9.78 Å². The van der Waals surface area contributed by atoms with E-state index >= 15 is 0 Å². The second-order valence-electron chi connectivity index (χ2n) is 18.7. The monoisotopic (exact) mass is 917 g/mol. The van der Waals surface area contributed by atoms with E-state index in [0.717, 1.165) is 16.1 Å². The zero-order valence-corrected chi connectivity index (χ0v) is 39.5. The zero-order chi connectivity index (χ0) is 46.2. The van der Waals surface area contributed by atoms with E-state index in [4.69, 9.17) is 23.7 Å². The smallest absolute Gasteiger partial charge is 0.329 e. The highest BCUT2D eigenvalue weighted by Crippen LogP contribution is 2.39. The number of allylic oxidation sites excluding steroid dienone is 4. The number of aromatic nitrogens is 1. The lowest BCUT2D eigenvalue weighted by Gasteiger charge is -2.47. The van der Waals surface area contributed by atoms with E-state index < -0.39 is 83.9 Å². The molecule has 64 heavy (non-hydrogen) atoms. The molecule has 1 aromatic heterocycles. The molecule has 3 aliphatic heterocycles. The first-order chi connectivity index (χ1) is 29.9. The Hall–Kier alpha value is -3.15. The Labute approximate surface area is 384 Å². The Morgan fingerprint density at radius 2 is 1.62 bits per heavy atom. The van der Waals surface area contributed by atoms with Crippen molar-refractivity contribution in [3.8, 4) is 0 Å². The number of hydrogen-bond donors (Lipinski definition) is 3. The maximum atomic E-state index is 14.5. The summed E-state index contributed by atoms with van der Waals surface area (Å²) in [5.41, 5.74) is 4.22. The minimum atomic E-state index is -2.52. The summed E-state index contributed by atoms with van der Waals surface area (Å²) in [5, 5.41) is 34.6. The molecule has 3 N–H and O–H groups in total. The van der Waals surface area contributed by atoms with Crippen molar-refractivity contribution in [1.82, 2.24) is 9.88 Å². The van der Waals surface area contributed by atoms with Crippen molar-refractivity contribution >= 4 is 40.9 Å². The van der Waals surface area contributed by atoms with Crippen molar-refractivity contribution in [3.05, 3.63) is 45.5 Å². The number of aliphatic hydroxyl groups excluding tert-OH is 2. The lowest BCUT2D eigenvalue weighted by molar-refractivity contribution is -0.302. The maximum Gasteiger partial charge on any atom is 0.329 e. The highest BCUT2D eigenvalue weighted by Gasteiger charge is 2.56. The zero-order valence-electron chi connectivity index (χ0n) is 38.7. The molecule has 15 heteroatoms.